The number of aromatic nitrogens is 2. The molecule has 0 unspecified atom stereocenters. The first-order valence-corrected chi connectivity index (χ1v) is 8.71. The van der Waals surface area contributed by atoms with E-state index in [0.29, 0.717) is 12.1 Å². The van der Waals surface area contributed by atoms with Crippen molar-refractivity contribution in [3.63, 3.8) is 0 Å². The Morgan fingerprint density at radius 1 is 0.958 bits per heavy atom. The molecule has 0 amide bonds. The van der Waals surface area contributed by atoms with Crippen LogP contribution in [0.15, 0.2) is 42.7 Å². The van der Waals surface area contributed by atoms with Crippen molar-refractivity contribution in [3.05, 3.63) is 54.0 Å². The number of hydrogen-bond acceptors (Lipinski definition) is 5. The molecular weight excluding hydrogens is 300 g/mol. The first-order chi connectivity index (χ1) is 11.8. The van der Waals surface area contributed by atoms with Crippen molar-refractivity contribution in [2.45, 2.75) is 38.0 Å². The molecule has 2 aromatic heterocycles. The summed E-state index contributed by atoms with van der Waals surface area (Å²) in [4.78, 5) is 14.0. The van der Waals surface area contributed by atoms with Crippen LogP contribution in [-0.4, -0.2) is 52.1 Å². The van der Waals surface area contributed by atoms with E-state index in [4.69, 9.17) is 4.74 Å². The summed E-state index contributed by atoms with van der Waals surface area (Å²) in [5.41, 5.74) is 2.36. The Hall–Kier alpha value is -1.98. The summed E-state index contributed by atoms with van der Waals surface area (Å²) in [5, 5.41) is 0. The fraction of sp³-hybridized carbons (Fsp3) is 0.474. The zero-order valence-electron chi connectivity index (χ0n) is 14.1. The maximum Gasteiger partial charge on any atom is 0.217 e. The molecule has 5 nitrogen and oxygen atoms in total. The summed E-state index contributed by atoms with van der Waals surface area (Å²) >= 11 is 0. The molecule has 24 heavy (non-hydrogen) atoms. The van der Waals surface area contributed by atoms with Crippen LogP contribution >= 0.6 is 0 Å². The van der Waals surface area contributed by atoms with Gasteiger partial charge in [-0.2, -0.15) is 0 Å². The number of ether oxygens (including phenoxy) is 1. The van der Waals surface area contributed by atoms with Crippen LogP contribution < -0.4 is 4.74 Å². The van der Waals surface area contributed by atoms with Gasteiger partial charge in [-0.05, 0) is 31.0 Å². The van der Waals surface area contributed by atoms with Crippen molar-refractivity contribution >= 4 is 0 Å². The maximum atomic E-state index is 5.41. The molecule has 2 aromatic rings. The quantitative estimate of drug-likeness (QED) is 0.844. The highest BCUT2D eigenvalue weighted by atomic mass is 16.5. The third-order valence-corrected chi connectivity index (χ3v) is 5.31. The van der Waals surface area contributed by atoms with Gasteiger partial charge >= 0.3 is 0 Å². The summed E-state index contributed by atoms with van der Waals surface area (Å²) in [6.07, 6.45) is 6.15. The number of fused-ring (bicyclic) bond motifs is 1. The van der Waals surface area contributed by atoms with E-state index < -0.39 is 0 Å². The van der Waals surface area contributed by atoms with E-state index in [0.717, 1.165) is 32.1 Å². The highest BCUT2D eigenvalue weighted by molar-refractivity contribution is 5.25. The van der Waals surface area contributed by atoms with Crippen LogP contribution in [0.1, 0.15) is 24.1 Å². The van der Waals surface area contributed by atoms with Crippen molar-refractivity contribution in [1.82, 2.24) is 19.8 Å². The smallest absolute Gasteiger partial charge is 0.217 e. The molecule has 0 bridgehead atoms. The van der Waals surface area contributed by atoms with Crippen LogP contribution in [0.3, 0.4) is 0 Å². The number of methoxy groups -OCH3 is 1. The van der Waals surface area contributed by atoms with Crippen molar-refractivity contribution < 1.29 is 4.74 Å². The van der Waals surface area contributed by atoms with Crippen LogP contribution in [0.5, 0.6) is 5.88 Å². The predicted molar refractivity (Wildman–Crippen MR) is 92.7 cm³/mol. The van der Waals surface area contributed by atoms with Crippen LogP contribution in [-0.2, 0) is 13.1 Å². The summed E-state index contributed by atoms with van der Waals surface area (Å²) in [6, 6.07) is 11.6. The number of likely N-dealkylation sites (tertiary alicyclic amines) is 2. The van der Waals surface area contributed by atoms with Crippen molar-refractivity contribution in [3.8, 4) is 5.88 Å². The van der Waals surface area contributed by atoms with E-state index in [2.05, 4.69) is 38.0 Å². The van der Waals surface area contributed by atoms with Gasteiger partial charge in [-0.3, -0.25) is 14.8 Å². The lowest BCUT2D eigenvalue weighted by atomic mass is 10.1. The molecule has 0 spiro atoms. The Labute approximate surface area is 143 Å². The molecule has 0 saturated carbocycles. The molecule has 0 radical (unpaired) electrons. The predicted octanol–water partition coefficient (Wildman–Crippen LogP) is 2.33. The van der Waals surface area contributed by atoms with Gasteiger partial charge in [0.2, 0.25) is 5.88 Å². The van der Waals surface area contributed by atoms with E-state index in [1.807, 2.05) is 18.3 Å². The van der Waals surface area contributed by atoms with Gasteiger partial charge < -0.3 is 4.74 Å². The zero-order chi connectivity index (χ0) is 16.4. The number of rotatable bonds is 5. The summed E-state index contributed by atoms with van der Waals surface area (Å²) in [7, 11) is 1.70. The van der Waals surface area contributed by atoms with E-state index >= 15 is 0 Å². The maximum absolute atomic E-state index is 5.41. The van der Waals surface area contributed by atoms with Gasteiger partial charge in [0.15, 0.2) is 0 Å². The minimum atomic E-state index is 0.638. The molecular formula is C19H24N4O. The molecule has 4 rings (SSSR count). The molecule has 2 atom stereocenters. The molecule has 2 fully saturated rings. The first kappa shape index (κ1) is 15.5. The van der Waals surface area contributed by atoms with E-state index in [1.54, 1.807) is 13.3 Å². The average Bonchev–Trinajstić information content (AvgIpc) is 3.20. The van der Waals surface area contributed by atoms with Crippen LogP contribution in [0.2, 0.25) is 0 Å². The minimum absolute atomic E-state index is 0.638. The van der Waals surface area contributed by atoms with Gasteiger partial charge in [0, 0.05) is 56.2 Å². The van der Waals surface area contributed by atoms with E-state index in [1.165, 1.54) is 24.1 Å². The van der Waals surface area contributed by atoms with Gasteiger partial charge in [-0.15, -0.1) is 0 Å². The molecule has 0 N–H and O–H groups in total. The van der Waals surface area contributed by atoms with Crippen molar-refractivity contribution in [1.29, 1.82) is 0 Å². The molecule has 2 saturated heterocycles. The Morgan fingerprint density at radius 3 is 2.42 bits per heavy atom. The molecule has 126 valence electrons. The summed E-state index contributed by atoms with van der Waals surface area (Å²) in [6.45, 7) is 4.19. The average molecular weight is 324 g/mol. The first-order valence-electron chi connectivity index (χ1n) is 8.71. The summed E-state index contributed by atoms with van der Waals surface area (Å²) in [5.74, 6) is 0.754. The van der Waals surface area contributed by atoms with Crippen LogP contribution in [0.25, 0.3) is 0 Å². The van der Waals surface area contributed by atoms with Crippen molar-refractivity contribution in [2.75, 3.05) is 20.2 Å². The van der Waals surface area contributed by atoms with Gasteiger partial charge in [0.25, 0.3) is 0 Å². The lowest BCUT2D eigenvalue weighted by Crippen LogP contribution is -2.36. The Morgan fingerprint density at radius 2 is 1.71 bits per heavy atom. The fourth-order valence-corrected chi connectivity index (χ4v) is 4.20. The second kappa shape index (κ2) is 6.87. The fourth-order valence-electron chi connectivity index (χ4n) is 4.20. The second-order valence-electron chi connectivity index (χ2n) is 6.65. The molecule has 4 heterocycles. The summed E-state index contributed by atoms with van der Waals surface area (Å²) < 4.78 is 5.41. The highest BCUT2D eigenvalue weighted by Crippen LogP contribution is 2.34. The van der Waals surface area contributed by atoms with Gasteiger partial charge in [-0.1, -0.05) is 12.1 Å². The third kappa shape index (κ3) is 3.01. The lowest BCUT2D eigenvalue weighted by molar-refractivity contribution is 0.209. The molecule has 2 aliphatic rings. The highest BCUT2D eigenvalue weighted by Gasteiger charge is 2.42. The SMILES string of the molecule is COc1ncccc1CN1CC[C@@H]2[C@@H]1CCN2Cc1ccccn1. The topological polar surface area (TPSA) is 41.5 Å². The normalized spacial score (nSPS) is 24.2. The monoisotopic (exact) mass is 324 g/mol. The third-order valence-electron chi connectivity index (χ3n) is 5.31. The molecule has 0 aromatic carbocycles. The number of hydrogen-bond donors (Lipinski definition) is 0. The zero-order valence-corrected chi connectivity index (χ0v) is 14.1. The van der Waals surface area contributed by atoms with E-state index in [9.17, 15) is 0 Å². The Kier molecular flexibility index (Phi) is 4.45. The van der Waals surface area contributed by atoms with Crippen LogP contribution in [0, 0.1) is 0 Å². The van der Waals surface area contributed by atoms with Gasteiger partial charge in [0.1, 0.15) is 0 Å². The van der Waals surface area contributed by atoms with Gasteiger partial charge in [-0.25, -0.2) is 4.98 Å². The Balaban J connectivity index is 1.43. The number of pyridine rings is 2. The van der Waals surface area contributed by atoms with Gasteiger partial charge in [0.05, 0.1) is 12.8 Å². The largest absolute Gasteiger partial charge is 0.481 e. The number of nitrogens with zero attached hydrogens (tertiary/aromatic N) is 4. The van der Waals surface area contributed by atoms with E-state index in [-0.39, 0.29) is 0 Å². The lowest BCUT2D eigenvalue weighted by Gasteiger charge is -2.25. The molecule has 5 heteroatoms. The van der Waals surface area contributed by atoms with Crippen LogP contribution in [0.4, 0.5) is 0 Å². The molecule has 2 aliphatic heterocycles. The standard InChI is InChI=1S/C19H24N4O/c1-24-19-15(5-4-10-21-19)13-22-11-7-18-17(22)8-12-23(18)14-16-6-2-3-9-20-16/h2-6,9-10,17-18H,7-8,11-14H2,1H3/t17-,18+/m0/s1. The minimum Gasteiger partial charge on any atom is -0.481 e. The second-order valence-corrected chi connectivity index (χ2v) is 6.65. The van der Waals surface area contributed by atoms with Crippen molar-refractivity contribution in [2.24, 2.45) is 0 Å². The Bertz CT molecular complexity index is 678. The molecule has 0 aliphatic carbocycles.